The first-order valence-corrected chi connectivity index (χ1v) is 6.81. The smallest absolute Gasteiger partial charge is 0.309 e. The van der Waals surface area contributed by atoms with E-state index in [4.69, 9.17) is 4.74 Å². The number of thioether (sulfide) groups is 1. The number of ether oxygens (including phenoxy) is 1. The molecule has 17 heavy (non-hydrogen) atoms. The summed E-state index contributed by atoms with van der Waals surface area (Å²) in [5, 5.41) is 0. The van der Waals surface area contributed by atoms with Crippen LogP contribution < -0.4 is 0 Å². The molecule has 0 saturated heterocycles. The molecule has 1 aromatic rings. The third-order valence-electron chi connectivity index (χ3n) is 3.16. The fourth-order valence-electron chi connectivity index (χ4n) is 2.20. The topological polar surface area (TPSA) is 26.3 Å². The van der Waals surface area contributed by atoms with Gasteiger partial charge in [-0.1, -0.05) is 11.6 Å². The van der Waals surface area contributed by atoms with Gasteiger partial charge in [0.2, 0.25) is 0 Å². The van der Waals surface area contributed by atoms with E-state index in [1.54, 1.807) is 11.8 Å². The second-order valence-electron chi connectivity index (χ2n) is 4.21. The first-order chi connectivity index (χ1) is 8.15. The predicted molar refractivity (Wildman–Crippen MR) is 71.2 cm³/mol. The molecule has 0 unspecified atom stereocenters. The Morgan fingerprint density at radius 3 is 2.88 bits per heavy atom. The van der Waals surface area contributed by atoms with E-state index in [0.717, 1.165) is 12.0 Å². The summed E-state index contributed by atoms with van der Waals surface area (Å²) in [7, 11) is 1.44. The Kier molecular flexibility index (Phi) is 3.57. The molecule has 2 nitrogen and oxygen atoms in total. The van der Waals surface area contributed by atoms with Crippen LogP contribution in [-0.4, -0.2) is 19.3 Å². The number of fused-ring (bicyclic) bond motifs is 1. The van der Waals surface area contributed by atoms with Gasteiger partial charge in [-0.3, -0.25) is 4.79 Å². The number of hydrogen-bond donors (Lipinski definition) is 0. The highest BCUT2D eigenvalue weighted by atomic mass is 32.2. The van der Waals surface area contributed by atoms with Gasteiger partial charge >= 0.3 is 5.97 Å². The van der Waals surface area contributed by atoms with E-state index in [1.165, 1.54) is 28.7 Å². The maximum atomic E-state index is 11.4. The molecule has 0 atom stereocenters. The van der Waals surface area contributed by atoms with Crippen molar-refractivity contribution in [3.8, 4) is 0 Å². The predicted octanol–water partition coefficient (Wildman–Crippen LogP) is 3.30. The average Bonchev–Trinajstić information content (AvgIpc) is 2.65. The number of carbonyl (C=O) groups excluding carboxylic acids is 1. The minimum atomic E-state index is -0.165. The second kappa shape index (κ2) is 4.96. The zero-order valence-corrected chi connectivity index (χ0v) is 11.2. The molecule has 0 saturated carbocycles. The van der Waals surface area contributed by atoms with Gasteiger partial charge in [-0.15, -0.1) is 11.8 Å². The van der Waals surface area contributed by atoms with Crippen LogP contribution in [0.15, 0.2) is 28.7 Å². The average molecular weight is 248 g/mol. The van der Waals surface area contributed by atoms with Gasteiger partial charge in [0, 0.05) is 4.90 Å². The highest BCUT2D eigenvalue weighted by Crippen LogP contribution is 2.36. The lowest BCUT2D eigenvalue weighted by Crippen LogP contribution is -2.01. The van der Waals surface area contributed by atoms with Crippen molar-refractivity contribution < 1.29 is 9.53 Å². The highest BCUT2D eigenvalue weighted by molar-refractivity contribution is 7.98. The summed E-state index contributed by atoms with van der Waals surface area (Å²) < 4.78 is 4.75. The van der Waals surface area contributed by atoms with Crippen molar-refractivity contribution >= 4 is 23.3 Å². The molecule has 0 spiro atoms. The second-order valence-corrected chi connectivity index (χ2v) is 5.09. The molecule has 90 valence electrons. The van der Waals surface area contributed by atoms with Crippen LogP contribution in [0.1, 0.15) is 24.5 Å². The number of rotatable bonds is 3. The molecule has 0 amide bonds. The van der Waals surface area contributed by atoms with Gasteiger partial charge in [-0.25, -0.2) is 0 Å². The van der Waals surface area contributed by atoms with Gasteiger partial charge in [-0.05, 0) is 48.4 Å². The number of carbonyl (C=O) groups is 1. The lowest BCUT2D eigenvalue weighted by molar-refractivity contribution is -0.139. The first kappa shape index (κ1) is 12.2. The summed E-state index contributed by atoms with van der Waals surface area (Å²) in [4.78, 5) is 12.7. The minimum Gasteiger partial charge on any atom is -0.469 e. The fraction of sp³-hybridized carbons (Fsp3) is 0.357. The summed E-state index contributed by atoms with van der Waals surface area (Å²) in [6.07, 6.45) is 3.40. The van der Waals surface area contributed by atoms with Gasteiger partial charge in [0.15, 0.2) is 0 Å². The summed E-state index contributed by atoms with van der Waals surface area (Å²) in [6.45, 7) is 2.09. The maximum absolute atomic E-state index is 11.4. The molecule has 0 heterocycles. The zero-order chi connectivity index (χ0) is 12.4. The molecule has 0 bridgehead atoms. The quantitative estimate of drug-likeness (QED) is 0.606. The normalized spacial score (nSPS) is 13.8. The van der Waals surface area contributed by atoms with E-state index in [0.29, 0.717) is 6.42 Å². The third kappa shape index (κ3) is 2.39. The fourth-order valence-corrected chi connectivity index (χ4v) is 2.64. The third-order valence-corrected chi connectivity index (χ3v) is 3.89. The van der Waals surface area contributed by atoms with Crippen molar-refractivity contribution in [3.05, 3.63) is 34.9 Å². The molecule has 0 N–H and O–H groups in total. The SMILES string of the molecule is COC(=O)CC1=C(C)Cc2ccc(SC)cc21. The van der Waals surface area contributed by atoms with Crippen molar-refractivity contribution in [3.63, 3.8) is 0 Å². The number of methoxy groups -OCH3 is 1. The molecule has 0 aliphatic heterocycles. The lowest BCUT2D eigenvalue weighted by atomic mass is 10.0. The van der Waals surface area contributed by atoms with Gasteiger partial charge in [0.25, 0.3) is 0 Å². The number of allylic oxidation sites excluding steroid dienone is 1. The Balaban J connectivity index is 2.36. The largest absolute Gasteiger partial charge is 0.469 e. The van der Waals surface area contributed by atoms with Crippen molar-refractivity contribution in [1.29, 1.82) is 0 Å². The van der Waals surface area contributed by atoms with Crippen molar-refractivity contribution in [2.45, 2.75) is 24.7 Å². The van der Waals surface area contributed by atoms with Crippen LogP contribution in [0.3, 0.4) is 0 Å². The van der Waals surface area contributed by atoms with E-state index in [-0.39, 0.29) is 5.97 Å². The van der Waals surface area contributed by atoms with Crippen LogP contribution in [-0.2, 0) is 16.0 Å². The number of benzene rings is 1. The van der Waals surface area contributed by atoms with Gasteiger partial charge < -0.3 is 4.74 Å². The first-order valence-electron chi connectivity index (χ1n) is 5.58. The molecular weight excluding hydrogens is 232 g/mol. The maximum Gasteiger partial charge on any atom is 0.309 e. The van der Waals surface area contributed by atoms with Crippen LogP contribution in [0.4, 0.5) is 0 Å². The van der Waals surface area contributed by atoms with Crippen molar-refractivity contribution in [1.82, 2.24) is 0 Å². The molecule has 1 aliphatic rings. The highest BCUT2D eigenvalue weighted by Gasteiger charge is 2.21. The van der Waals surface area contributed by atoms with Crippen molar-refractivity contribution in [2.24, 2.45) is 0 Å². The molecule has 3 heteroatoms. The van der Waals surface area contributed by atoms with E-state index < -0.39 is 0 Å². The van der Waals surface area contributed by atoms with Crippen LogP contribution in [0.25, 0.3) is 5.57 Å². The molecule has 1 aliphatic carbocycles. The Morgan fingerprint density at radius 1 is 1.47 bits per heavy atom. The molecule has 1 aromatic carbocycles. The summed E-state index contributed by atoms with van der Waals surface area (Å²) in [5.74, 6) is -0.165. The molecule has 2 rings (SSSR count). The Bertz CT molecular complexity index is 489. The van der Waals surface area contributed by atoms with E-state index in [2.05, 4.69) is 31.4 Å². The summed E-state index contributed by atoms with van der Waals surface area (Å²) >= 11 is 1.72. The standard InChI is InChI=1S/C14H16O2S/c1-9-6-10-4-5-11(17-3)7-13(10)12(9)8-14(15)16-2/h4-5,7H,6,8H2,1-3H3. The number of hydrogen-bond acceptors (Lipinski definition) is 3. The van der Waals surface area contributed by atoms with Gasteiger partial charge in [0.1, 0.15) is 0 Å². The van der Waals surface area contributed by atoms with E-state index >= 15 is 0 Å². The van der Waals surface area contributed by atoms with Crippen molar-refractivity contribution in [2.75, 3.05) is 13.4 Å². The van der Waals surface area contributed by atoms with Crippen LogP contribution in [0, 0.1) is 0 Å². The Hall–Kier alpha value is -1.22. The number of esters is 1. The Labute approximate surface area is 106 Å². The molecule has 0 aromatic heterocycles. The molecule has 0 radical (unpaired) electrons. The molecular formula is C14H16O2S. The molecule has 0 fully saturated rings. The van der Waals surface area contributed by atoms with Gasteiger partial charge in [-0.2, -0.15) is 0 Å². The monoisotopic (exact) mass is 248 g/mol. The van der Waals surface area contributed by atoms with Crippen LogP contribution in [0.2, 0.25) is 0 Å². The van der Waals surface area contributed by atoms with E-state index in [9.17, 15) is 4.79 Å². The summed E-state index contributed by atoms with van der Waals surface area (Å²) in [6, 6.07) is 6.47. The summed E-state index contributed by atoms with van der Waals surface area (Å²) in [5.41, 5.74) is 4.96. The Morgan fingerprint density at radius 2 is 2.24 bits per heavy atom. The lowest BCUT2D eigenvalue weighted by Gasteiger charge is -2.07. The zero-order valence-electron chi connectivity index (χ0n) is 10.4. The van der Waals surface area contributed by atoms with E-state index in [1.807, 2.05) is 0 Å². The minimum absolute atomic E-state index is 0.165. The van der Waals surface area contributed by atoms with Gasteiger partial charge in [0.05, 0.1) is 13.5 Å². The van der Waals surface area contributed by atoms with Crippen LogP contribution in [0.5, 0.6) is 0 Å². The van der Waals surface area contributed by atoms with Crippen LogP contribution >= 0.6 is 11.8 Å².